The number of nitrogens with zero attached hydrogens (tertiary/aromatic N) is 1. The molecule has 0 N–H and O–H groups in total. The van der Waals surface area contributed by atoms with Gasteiger partial charge in [-0.3, -0.25) is 0 Å². The van der Waals surface area contributed by atoms with Crippen LogP contribution in [0.2, 0.25) is 30.1 Å². The van der Waals surface area contributed by atoms with Crippen LogP contribution in [-0.2, 0) is 0 Å². The van der Waals surface area contributed by atoms with Gasteiger partial charge in [-0.15, -0.1) is 0 Å². The van der Waals surface area contributed by atoms with Crippen LogP contribution in [0, 0.1) is 41.5 Å². The van der Waals surface area contributed by atoms with E-state index < -0.39 is 5.92 Å². The highest BCUT2D eigenvalue weighted by atomic mass is 35.5. The summed E-state index contributed by atoms with van der Waals surface area (Å²) in [5.74, 6) is -0.642. The molecule has 7 heteroatoms. The van der Waals surface area contributed by atoms with E-state index in [9.17, 15) is 0 Å². The van der Waals surface area contributed by atoms with Gasteiger partial charge in [0.05, 0.1) is 26.8 Å². The Hall–Kier alpha value is -2.36. The summed E-state index contributed by atoms with van der Waals surface area (Å²) in [5.41, 5.74) is 10.3. The van der Waals surface area contributed by atoms with Gasteiger partial charge >= 0.3 is 0 Å². The van der Waals surface area contributed by atoms with Gasteiger partial charge in [0.2, 0.25) is 0 Å². The zero-order valence-corrected chi connectivity index (χ0v) is 29.6. The first-order chi connectivity index (χ1) is 20.9. The van der Waals surface area contributed by atoms with Gasteiger partial charge in [0.1, 0.15) is 0 Å². The van der Waals surface area contributed by atoms with Crippen LogP contribution >= 0.6 is 69.6 Å². The lowest BCUT2D eigenvalue weighted by molar-refractivity contribution is 0.955. The highest BCUT2D eigenvalue weighted by molar-refractivity contribution is 6.41. The van der Waals surface area contributed by atoms with Crippen LogP contribution in [0.1, 0.15) is 56.0 Å². The van der Waals surface area contributed by atoms with Gasteiger partial charge < -0.3 is 4.57 Å². The monoisotopic (exact) mass is 697 g/mol. The van der Waals surface area contributed by atoms with Crippen molar-refractivity contribution in [2.45, 2.75) is 47.5 Å². The van der Waals surface area contributed by atoms with Gasteiger partial charge in [0, 0.05) is 53.5 Å². The maximum absolute atomic E-state index is 7.49. The third-order valence-corrected chi connectivity index (χ3v) is 11.7. The summed E-state index contributed by atoms with van der Waals surface area (Å²) >= 11 is 43.4. The van der Waals surface area contributed by atoms with Crippen LogP contribution in [0.3, 0.4) is 0 Å². The topological polar surface area (TPSA) is 4.93 Å². The van der Waals surface area contributed by atoms with E-state index in [0.29, 0.717) is 46.8 Å². The number of aromatic nitrogens is 1. The summed E-state index contributed by atoms with van der Waals surface area (Å²) in [7, 11) is 0. The molecule has 0 aliphatic heterocycles. The van der Waals surface area contributed by atoms with Crippen molar-refractivity contribution in [3.05, 3.63) is 141 Å². The zero-order valence-electron chi connectivity index (χ0n) is 25.1. The van der Waals surface area contributed by atoms with Crippen molar-refractivity contribution in [3.8, 4) is 5.69 Å². The molecule has 5 aromatic carbocycles. The fraction of sp³-hybridized carbons (Fsp3) is 0.189. The SMILES string of the molecule is Cc1cc(C)c(Cl)c(C(c2c(Cl)c(C)cc(C)c2Cl)c2c(Cl)c(C)c(-n3c4ccccc4c4ccccc43)c(C)c2Cl)c1Cl. The second-order valence-electron chi connectivity index (χ2n) is 11.5. The van der Waals surface area contributed by atoms with Gasteiger partial charge in [-0.25, -0.2) is 0 Å². The molecule has 0 atom stereocenters. The molecular weight excluding hydrogens is 671 g/mol. The summed E-state index contributed by atoms with van der Waals surface area (Å²) in [6.07, 6.45) is 0. The fourth-order valence-corrected chi connectivity index (χ4v) is 8.39. The molecule has 0 fully saturated rings. The minimum absolute atomic E-state index is 0.500. The van der Waals surface area contributed by atoms with Crippen LogP contribution in [0.25, 0.3) is 27.5 Å². The molecule has 1 nitrogen and oxygen atoms in total. The standard InChI is InChI=1S/C37H29Cl6N/c1-17-15-18(2)32(39)28(31(17)38)27(29-33(40)19(3)16-20(4)34(29)41)30-35(42)21(5)37(22(6)36(30)43)44-25-13-9-7-11-23(25)24-12-8-10-14-26(24)44/h7-16,27H,1-6H3. The summed E-state index contributed by atoms with van der Waals surface area (Å²) in [5, 5.41) is 5.38. The molecule has 224 valence electrons. The first kappa shape index (κ1) is 31.6. The zero-order chi connectivity index (χ0) is 31.8. The van der Waals surface area contributed by atoms with Crippen molar-refractivity contribution in [2.75, 3.05) is 0 Å². The maximum Gasteiger partial charge on any atom is 0.0550 e. The van der Waals surface area contributed by atoms with Gasteiger partial charge in [0.25, 0.3) is 0 Å². The third kappa shape index (κ3) is 4.75. The summed E-state index contributed by atoms with van der Waals surface area (Å²) in [6, 6.07) is 20.7. The Kier molecular flexibility index (Phi) is 8.46. The average Bonchev–Trinajstić information content (AvgIpc) is 3.32. The lowest BCUT2D eigenvalue weighted by Gasteiger charge is -2.30. The number of rotatable bonds is 4. The van der Waals surface area contributed by atoms with Crippen LogP contribution in [0.4, 0.5) is 0 Å². The van der Waals surface area contributed by atoms with Crippen LogP contribution < -0.4 is 0 Å². The quantitative estimate of drug-likeness (QED) is 0.161. The first-order valence-electron chi connectivity index (χ1n) is 14.2. The molecule has 44 heavy (non-hydrogen) atoms. The molecule has 0 bridgehead atoms. The molecule has 0 saturated heterocycles. The Labute approximate surface area is 288 Å². The number of fused-ring (bicyclic) bond motifs is 3. The molecule has 6 aromatic rings. The molecule has 0 amide bonds. The van der Waals surface area contributed by atoms with E-state index in [1.165, 1.54) is 0 Å². The van der Waals surface area contributed by atoms with Crippen molar-refractivity contribution < 1.29 is 0 Å². The molecular formula is C37H29Cl6N. The summed E-state index contributed by atoms with van der Waals surface area (Å²) in [6.45, 7) is 11.9. The third-order valence-electron chi connectivity index (χ3n) is 8.71. The molecule has 6 rings (SSSR count). The van der Waals surface area contributed by atoms with Crippen molar-refractivity contribution in [2.24, 2.45) is 0 Å². The van der Waals surface area contributed by atoms with Crippen LogP contribution in [-0.4, -0.2) is 4.57 Å². The normalized spacial score (nSPS) is 11.8. The van der Waals surface area contributed by atoms with E-state index in [1.54, 1.807) is 0 Å². The molecule has 1 heterocycles. The number of hydrogen-bond donors (Lipinski definition) is 0. The summed E-state index contributed by atoms with van der Waals surface area (Å²) < 4.78 is 2.25. The molecule has 0 spiro atoms. The van der Waals surface area contributed by atoms with Gasteiger partial charge in [-0.2, -0.15) is 0 Å². The van der Waals surface area contributed by atoms with Crippen LogP contribution in [0.5, 0.6) is 0 Å². The van der Waals surface area contributed by atoms with E-state index in [4.69, 9.17) is 69.6 Å². The molecule has 0 aliphatic rings. The minimum Gasteiger partial charge on any atom is -0.309 e. The highest BCUT2D eigenvalue weighted by Gasteiger charge is 2.35. The number of benzene rings is 5. The Morgan fingerprint density at radius 1 is 0.455 bits per heavy atom. The predicted molar refractivity (Wildman–Crippen MR) is 193 cm³/mol. The van der Waals surface area contributed by atoms with E-state index in [-0.39, 0.29) is 0 Å². The lowest BCUT2D eigenvalue weighted by Crippen LogP contribution is -2.13. The van der Waals surface area contributed by atoms with E-state index in [0.717, 1.165) is 60.9 Å². The number of hydrogen-bond acceptors (Lipinski definition) is 0. The average molecular weight is 700 g/mol. The molecule has 0 aliphatic carbocycles. The lowest BCUT2D eigenvalue weighted by atomic mass is 9.81. The van der Waals surface area contributed by atoms with Gasteiger partial charge in [-0.05, 0) is 87.1 Å². The van der Waals surface area contributed by atoms with Crippen molar-refractivity contribution in [1.29, 1.82) is 0 Å². The molecule has 0 saturated carbocycles. The fourth-order valence-electron chi connectivity index (χ4n) is 6.63. The number of para-hydroxylation sites is 2. The molecule has 0 unspecified atom stereocenters. The van der Waals surface area contributed by atoms with Crippen LogP contribution in [0.15, 0.2) is 60.7 Å². The van der Waals surface area contributed by atoms with E-state index in [2.05, 4.69) is 41.0 Å². The number of halogens is 6. The van der Waals surface area contributed by atoms with Gasteiger partial charge in [-0.1, -0.05) is 118 Å². The van der Waals surface area contributed by atoms with Gasteiger partial charge in [0.15, 0.2) is 0 Å². The van der Waals surface area contributed by atoms with Crippen molar-refractivity contribution in [3.63, 3.8) is 0 Å². The smallest absolute Gasteiger partial charge is 0.0550 e. The summed E-state index contributed by atoms with van der Waals surface area (Å²) in [4.78, 5) is 0. The molecule has 1 aromatic heterocycles. The number of aryl methyl sites for hydroxylation is 4. The first-order valence-corrected chi connectivity index (χ1v) is 16.5. The minimum atomic E-state index is -0.642. The Bertz CT molecular complexity index is 1960. The predicted octanol–water partition coefficient (Wildman–Crippen LogP) is 13.7. The second kappa shape index (κ2) is 11.8. The Morgan fingerprint density at radius 3 is 1.14 bits per heavy atom. The van der Waals surface area contributed by atoms with Crippen molar-refractivity contribution in [1.82, 2.24) is 4.57 Å². The van der Waals surface area contributed by atoms with E-state index in [1.807, 2.05) is 65.8 Å². The van der Waals surface area contributed by atoms with Crippen molar-refractivity contribution >= 4 is 91.4 Å². The molecule has 0 radical (unpaired) electrons. The Morgan fingerprint density at radius 2 is 0.773 bits per heavy atom. The second-order valence-corrected chi connectivity index (χ2v) is 13.8. The highest BCUT2D eigenvalue weighted by Crippen LogP contribution is 2.53. The van der Waals surface area contributed by atoms with E-state index >= 15 is 0 Å². The maximum atomic E-state index is 7.49. The largest absolute Gasteiger partial charge is 0.309 e. The Balaban J connectivity index is 1.78.